The summed E-state index contributed by atoms with van der Waals surface area (Å²) in [5.74, 6) is 1.14. The van der Waals surface area contributed by atoms with E-state index in [2.05, 4.69) is 32.2 Å². The first-order valence-corrected chi connectivity index (χ1v) is 10.3. The lowest BCUT2D eigenvalue weighted by Crippen LogP contribution is -2.52. The van der Waals surface area contributed by atoms with Gasteiger partial charge in [0.1, 0.15) is 11.5 Å². The summed E-state index contributed by atoms with van der Waals surface area (Å²) in [5, 5.41) is 4.03. The minimum absolute atomic E-state index is 0.0311. The molecule has 1 fully saturated rings. The Bertz CT molecular complexity index is 1030. The SMILES string of the molecule is Cc1cnc(C(=O)N2CCC[C@@H](Nc3ccc(Cl)cn3)[C@@H]2C)c(-c2ncccn2)c1. The second-order valence-corrected chi connectivity index (χ2v) is 7.91. The third-order valence-electron chi connectivity index (χ3n) is 5.34. The Morgan fingerprint density at radius 1 is 1.17 bits per heavy atom. The molecular weight excluding hydrogens is 400 g/mol. The molecule has 1 N–H and O–H groups in total. The standard InChI is InChI=1S/C22H23ClN6O/c1-14-11-17(21-24-8-4-9-25-21)20(27-12-14)22(30)29-10-3-5-18(15(29)2)28-19-7-6-16(23)13-26-19/h4,6-9,11-13,15,18H,3,5,10H2,1-2H3,(H,26,28)/t15-,18+/m0/s1. The second kappa shape index (κ2) is 8.75. The normalized spacial score (nSPS) is 18.8. The number of carbonyl (C=O) groups is 1. The maximum atomic E-state index is 13.5. The fourth-order valence-electron chi connectivity index (χ4n) is 3.76. The summed E-state index contributed by atoms with van der Waals surface area (Å²) in [4.78, 5) is 32.8. The zero-order chi connectivity index (χ0) is 21.1. The minimum atomic E-state index is -0.111. The number of piperidine rings is 1. The summed E-state index contributed by atoms with van der Waals surface area (Å²) < 4.78 is 0. The van der Waals surface area contributed by atoms with E-state index in [4.69, 9.17) is 11.6 Å². The smallest absolute Gasteiger partial charge is 0.273 e. The van der Waals surface area contributed by atoms with Gasteiger partial charge in [0.05, 0.1) is 10.6 Å². The molecule has 1 amide bonds. The molecule has 0 aromatic carbocycles. The van der Waals surface area contributed by atoms with Crippen LogP contribution in [0.3, 0.4) is 0 Å². The maximum absolute atomic E-state index is 13.5. The van der Waals surface area contributed by atoms with Gasteiger partial charge in [0.15, 0.2) is 5.82 Å². The molecule has 3 aromatic rings. The first-order valence-electron chi connectivity index (χ1n) is 9.96. The predicted molar refractivity (Wildman–Crippen MR) is 116 cm³/mol. The number of hydrogen-bond acceptors (Lipinski definition) is 6. The van der Waals surface area contributed by atoms with E-state index in [9.17, 15) is 4.79 Å². The Balaban J connectivity index is 1.59. The van der Waals surface area contributed by atoms with Crippen molar-refractivity contribution < 1.29 is 4.79 Å². The largest absolute Gasteiger partial charge is 0.365 e. The summed E-state index contributed by atoms with van der Waals surface area (Å²) >= 11 is 5.93. The molecule has 0 saturated carbocycles. The van der Waals surface area contributed by atoms with E-state index in [0.29, 0.717) is 28.6 Å². The molecular formula is C22H23ClN6O. The van der Waals surface area contributed by atoms with E-state index < -0.39 is 0 Å². The average molecular weight is 423 g/mol. The number of amides is 1. The van der Waals surface area contributed by atoms with Crippen molar-refractivity contribution in [3.05, 3.63) is 65.3 Å². The molecule has 0 radical (unpaired) electrons. The highest BCUT2D eigenvalue weighted by Crippen LogP contribution is 2.26. The summed E-state index contributed by atoms with van der Waals surface area (Å²) in [5.41, 5.74) is 1.99. The molecule has 0 spiro atoms. The van der Waals surface area contributed by atoms with Gasteiger partial charge in [-0.25, -0.2) is 15.0 Å². The molecule has 30 heavy (non-hydrogen) atoms. The lowest BCUT2D eigenvalue weighted by molar-refractivity contribution is 0.0611. The van der Waals surface area contributed by atoms with Crippen molar-refractivity contribution >= 4 is 23.3 Å². The third-order valence-corrected chi connectivity index (χ3v) is 5.57. The van der Waals surface area contributed by atoms with Gasteiger partial charge < -0.3 is 10.2 Å². The Hall–Kier alpha value is -3.06. The molecule has 0 bridgehead atoms. The highest BCUT2D eigenvalue weighted by Gasteiger charge is 2.33. The quantitative estimate of drug-likeness (QED) is 0.684. The van der Waals surface area contributed by atoms with Gasteiger partial charge in [0.2, 0.25) is 0 Å². The van der Waals surface area contributed by atoms with E-state index in [0.717, 1.165) is 24.2 Å². The second-order valence-electron chi connectivity index (χ2n) is 7.48. The first kappa shape index (κ1) is 20.2. The van der Waals surface area contributed by atoms with Gasteiger partial charge in [-0.15, -0.1) is 0 Å². The lowest BCUT2D eigenvalue weighted by atomic mass is 9.96. The van der Waals surface area contributed by atoms with Crippen LogP contribution in [0.2, 0.25) is 5.02 Å². The van der Waals surface area contributed by atoms with Gasteiger partial charge >= 0.3 is 0 Å². The van der Waals surface area contributed by atoms with Crippen LogP contribution < -0.4 is 5.32 Å². The van der Waals surface area contributed by atoms with Crippen LogP contribution in [0.5, 0.6) is 0 Å². The van der Waals surface area contributed by atoms with Crippen molar-refractivity contribution in [1.29, 1.82) is 0 Å². The van der Waals surface area contributed by atoms with Crippen molar-refractivity contribution in [2.45, 2.75) is 38.8 Å². The van der Waals surface area contributed by atoms with Crippen LogP contribution in [0.15, 0.2) is 49.1 Å². The van der Waals surface area contributed by atoms with E-state index in [-0.39, 0.29) is 18.0 Å². The van der Waals surface area contributed by atoms with Gasteiger partial charge in [0, 0.05) is 43.4 Å². The van der Waals surface area contributed by atoms with Crippen molar-refractivity contribution in [3.63, 3.8) is 0 Å². The maximum Gasteiger partial charge on any atom is 0.273 e. The van der Waals surface area contributed by atoms with Crippen molar-refractivity contribution in [2.24, 2.45) is 0 Å². The summed E-state index contributed by atoms with van der Waals surface area (Å²) in [6.45, 7) is 4.67. The Labute approximate surface area is 180 Å². The fourth-order valence-corrected chi connectivity index (χ4v) is 3.87. The number of pyridine rings is 2. The first-order chi connectivity index (χ1) is 14.5. The van der Waals surface area contributed by atoms with E-state index >= 15 is 0 Å². The number of nitrogens with zero attached hydrogens (tertiary/aromatic N) is 5. The highest BCUT2D eigenvalue weighted by molar-refractivity contribution is 6.30. The summed E-state index contributed by atoms with van der Waals surface area (Å²) in [6, 6.07) is 7.37. The van der Waals surface area contributed by atoms with Crippen LogP contribution in [0, 0.1) is 6.92 Å². The van der Waals surface area contributed by atoms with Crippen LogP contribution in [-0.4, -0.2) is 49.4 Å². The molecule has 3 aromatic heterocycles. The molecule has 1 aliphatic heterocycles. The van der Waals surface area contributed by atoms with Crippen LogP contribution in [0.25, 0.3) is 11.4 Å². The monoisotopic (exact) mass is 422 g/mol. The van der Waals surface area contributed by atoms with Crippen LogP contribution in [-0.2, 0) is 0 Å². The molecule has 0 aliphatic carbocycles. The van der Waals surface area contributed by atoms with Crippen LogP contribution in [0.1, 0.15) is 35.8 Å². The van der Waals surface area contributed by atoms with Crippen LogP contribution in [0.4, 0.5) is 5.82 Å². The number of carbonyl (C=O) groups excluding carboxylic acids is 1. The Morgan fingerprint density at radius 2 is 1.97 bits per heavy atom. The zero-order valence-electron chi connectivity index (χ0n) is 16.9. The third kappa shape index (κ3) is 4.26. The number of aromatic nitrogens is 4. The highest BCUT2D eigenvalue weighted by atomic mass is 35.5. The molecule has 4 rings (SSSR count). The van der Waals surface area contributed by atoms with Gasteiger partial charge in [-0.05, 0) is 56.5 Å². The van der Waals surface area contributed by atoms with E-state index in [1.807, 2.05) is 24.0 Å². The van der Waals surface area contributed by atoms with Gasteiger partial charge in [-0.3, -0.25) is 9.78 Å². The number of nitrogens with one attached hydrogen (secondary N) is 1. The molecule has 8 heteroatoms. The number of aryl methyl sites for hydroxylation is 1. The molecule has 2 atom stereocenters. The summed E-state index contributed by atoms with van der Waals surface area (Å²) in [7, 11) is 0. The zero-order valence-corrected chi connectivity index (χ0v) is 17.7. The lowest BCUT2D eigenvalue weighted by Gasteiger charge is -2.40. The predicted octanol–water partition coefficient (Wildman–Crippen LogP) is 4.00. The van der Waals surface area contributed by atoms with Crippen molar-refractivity contribution in [3.8, 4) is 11.4 Å². The fraction of sp³-hybridized carbons (Fsp3) is 0.318. The number of likely N-dealkylation sites (tertiary alicyclic amines) is 1. The van der Waals surface area contributed by atoms with E-state index in [1.165, 1.54) is 0 Å². The van der Waals surface area contributed by atoms with Crippen LogP contribution >= 0.6 is 11.6 Å². The van der Waals surface area contributed by atoms with Crippen molar-refractivity contribution in [2.75, 3.05) is 11.9 Å². The molecule has 1 saturated heterocycles. The van der Waals surface area contributed by atoms with Gasteiger partial charge in [0.25, 0.3) is 5.91 Å². The topological polar surface area (TPSA) is 83.9 Å². The molecule has 7 nitrogen and oxygen atoms in total. The molecule has 4 heterocycles. The number of anilines is 1. The number of halogens is 1. The number of hydrogen-bond donors (Lipinski definition) is 1. The average Bonchev–Trinajstić information content (AvgIpc) is 2.77. The number of rotatable bonds is 4. The van der Waals surface area contributed by atoms with Gasteiger partial charge in [-0.1, -0.05) is 11.6 Å². The molecule has 154 valence electrons. The molecule has 0 unspecified atom stereocenters. The molecule has 1 aliphatic rings. The van der Waals surface area contributed by atoms with Gasteiger partial charge in [-0.2, -0.15) is 0 Å². The Morgan fingerprint density at radius 3 is 2.70 bits per heavy atom. The summed E-state index contributed by atoms with van der Waals surface area (Å²) in [6.07, 6.45) is 8.50. The van der Waals surface area contributed by atoms with Crippen molar-refractivity contribution in [1.82, 2.24) is 24.8 Å². The van der Waals surface area contributed by atoms with E-state index in [1.54, 1.807) is 36.9 Å². The Kier molecular flexibility index (Phi) is 5.90. The minimum Gasteiger partial charge on any atom is -0.365 e.